The third-order valence-corrected chi connectivity index (χ3v) is 2.36. The van der Waals surface area contributed by atoms with Gasteiger partial charge in [-0.2, -0.15) is 4.39 Å². The Hall–Kier alpha value is -0.520. The highest BCUT2D eigenvalue weighted by atomic mass is 127. The van der Waals surface area contributed by atoms with E-state index in [2.05, 4.69) is 0 Å². The van der Waals surface area contributed by atoms with E-state index in [1.807, 2.05) is 29.5 Å². The molecule has 0 aliphatic rings. The van der Waals surface area contributed by atoms with Gasteiger partial charge in [0.2, 0.25) is 5.82 Å². The molecule has 0 bridgehead atoms. The minimum atomic E-state index is -0.680. The number of hydrogen-bond acceptors (Lipinski definition) is 2. The molecule has 72 valence electrons. The number of halogens is 2. The highest BCUT2D eigenvalue weighted by molar-refractivity contribution is 14.1. The molecule has 0 radical (unpaired) electrons. The van der Waals surface area contributed by atoms with Crippen molar-refractivity contribution in [1.29, 1.82) is 0 Å². The van der Waals surface area contributed by atoms with Crippen molar-refractivity contribution < 1.29 is 14.2 Å². The van der Waals surface area contributed by atoms with Crippen LogP contribution in [0.1, 0.15) is 13.3 Å². The minimum Gasteiger partial charge on any atom is -0.504 e. The van der Waals surface area contributed by atoms with Crippen LogP contribution >= 0.6 is 22.6 Å². The van der Waals surface area contributed by atoms with Gasteiger partial charge < -0.3 is 9.84 Å². The molecule has 13 heavy (non-hydrogen) atoms. The number of rotatable bonds is 3. The fourth-order valence-electron chi connectivity index (χ4n) is 0.846. The molecule has 1 rings (SSSR count). The van der Waals surface area contributed by atoms with E-state index >= 15 is 0 Å². The van der Waals surface area contributed by atoms with Crippen molar-refractivity contribution in [3.8, 4) is 11.5 Å². The van der Waals surface area contributed by atoms with Crippen LogP contribution in [0, 0.1) is 9.39 Å². The highest BCUT2D eigenvalue weighted by Gasteiger charge is 2.11. The van der Waals surface area contributed by atoms with E-state index in [4.69, 9.17) is 4.74 Å². The van der Waals surface area contributed by atoms with E-state index in [0.29, 0.717) is 10.2 Å². The van der Waals surface area contributed by atoms with Gasteiger partial charge in [0.25, 0.3) is 0 Å². The van der Waals surface area contributed by atoms with Crippen LogP contribution in [-0.2, 0) is 0 Å². The fourth-order valence-corrected chi connectivity index (χ4v) is 1.26. The summed E-state index contributed by atoms with van der Waals surface area (Å²) >= 11 is 1.86. The van der Waals surface area contributed by atoms with Crippen LogP contribution in [0.4, 0.5) is 4.39 Å². The van der Waals surface area contributed by atoms with Crippen LogP contribution in [0.2, 0.25) is 0 Å². The van der Waals surface area contributed by atoms with Crippen LogP contribution in [0.25, 0.3) is 0 Å². The highest BCUT2D eigenvalue weighted by Crippen LogP contribution is 2.30. The van der Waals surface area contributed by atoms with Crippen LogP contribution in [0.5, 0.6) is 11.5 Å². The van der Waals surface area contributed by atoms with E-state index in [1.165, 1.54) is 6.07 Å². The zero-order chi connectivity index (χ0) is 9.84. The second kappa shape index (κ2) is 4.64. The number of ether oxygens (including phenoxy) is 1. The van der Waals surface area contributed by atoms with Crippen molar-refractivity contribution in [1.82, 2.24) is 0 Å². The second-order valence-electron chi connectivity index (χ2n) is 2.56. The van der Waals surface area contributed by atoms with Crippen molar-refractivity contribution >= 4 is 22.6 Å². The number of hydrogen-bond donors (Lipinski definition) is 1. The summed E-state index contributed by atoms with van der Waals surface area (Å²) in [6, 6.07) is 3.14. The predicted octanol–water partition coefficient (Wildman–Crippen LogP) is 2.92. The Morgan fingerprint density at radius 2 is 2.23 bits per heavy atom. The van der Waals surface area contributed by atoms with Crippen molar-refractivity contribution in [2.45, 2.75) is 13.3 Å². The standard InChI is InChI=1S/C9H10FIO2/c1-2-5-13-7-4-3-6(11)9(12)8(7)10/h3-4,12H,2,5H2,1H3. The third kappa shape index (κ3) is 2.46. The van der Waals surface area contributed by atoms with E-state index in [9.17, 15) is 9.50 Å². The first-order valence-corrected chi connectivity index (χ1v) is 5.04. The maximum absolute atomic E-state index is 13.2. The average Bonchev–Trinajstić information content (AvgIpc) is 2.13. The van der Waals surface area contributed by atoms with Crippen LogP contribution in [0.3, 0.4) is 0 Å². The Morgan fingerprint density at radius 1 is 1.54 bits per heavy atom. The molecule has 0 unspecified atom stereocenters. The first kappa shape index (κ1) is 10.6. The van der Waals surface area contributed by atoms with Gasteiger partial charge in [-0.3, -0.25) is 0 Å². The van der Waals surface area contributed by atoms with Crippen molar-refractivity contribution in [2.75, 3.05) is 6.61 Å². The topological polar surface area (TPSA) is 29.5 Å². The Morgan fingerprint density at radius 3 is 2.85 bits per heavy atom. The van der Waals surface area contributed by atoms with E-state index in [0.717, 1.165) is 6.42 Å². The molecule has 0 saturated carbocycles. The molecule has 2 nitrogen and oxygen atoms in total. The number of benzene rings is 1. The molecule has 1 aromatic carbocycles. The van der Waals surface area contributed by atoms with Gasteiger partial charge in [-0.15, -0.1) is 0 Å². The van der Waals surface area contributed by atoms with E-state index in [-0.39, 0.29) is 11.5 Å². The minimum absolute atomic E-state index is 0.111. The Kier molecular flexibility index (Phi) is 3.77. The molecule has 1 aromatic rings. The summed E-state index contributed by atoms with van der Waals surface area (Å²) in [6.07, 6.45) is 0.812. The fraction of sp³-hybridized carbons (Fsp3) is 0.333. The average molecular weight is 296 g/mol. The monoisotopic (exact) mass is 296 g/mol. The van der Waals surface area contributed by atoms with Gasteiger partial charge in [0.05, 0.1) is 10.2 Å². The van der Waals surface area contributed by atoms with Gasteiger partial charge in [-0.05, 0) is 41.1 Å². The molecule has 0 aliphatic heterocycles. The SMILES string of the molecule is CCCOc1ccc(I)c(O)c1F. The Bertz CT molecular complexity index is 302. The second-order valence-corrected chi connectivity index (χ2v) is 3.72. The van der Waals surface area contributed by atoms with Crippen LogP contribution < -0.4 is 4.74 Å². The summed E-state index contributed by atoms with van der Waals surface area (Å²) in [7, 11) is 0. The lowest BCUT2D eigenvalue weighted by atomic mass is 10.3. The zero-order valence-corrected chi connectivity index (χ0v) is 9.34. The lowest BCUT2D eigenvalue weighted by Gasteiger charge is -2.07. The molecule has 0 atom stereocenters. The van der Waals surface area contributed by atoms with Gasteiger partial charge in [-0.1, -0.05) is 6.92 Å². The molecular formula is C9H10FIO2. The quantitative estimate of drug-likeness (QED) is 0.869. The molecular weight excluding hydrogens is 286 g/mol. The van der Waals surface area contributed by atoms with Crippen molar-refractivity contribution in [2.24, 2.45) is 0 Å². The molecule has 0 amide bonds. The zero-order valence-electron chi connectivity index (χ0n) is 7.18. The summed E-state index contributed by atoms with van der Waals surface area (Å²) < 4.78 is 18.8. The molecule has 0 heterocycles. The summed E-state index contributed by atoms with van der Waals surface area (Å²) in [5.41, 5.74) is 0. The van der Waals surface area contributed by atoms with Crippen molar-refractivity contribution in [3.05, 3.63) is 21.5 Å². The molecule has 1 N–H and O–H groups in total. The maximum Gasteiger partial charge on any atom is 0.207 e. The number of phenols is 1. The molecule has 0 saturated heterocycles. The predicted molar refractivity (Wildman–Crippen MR) is 56.6 cm³/mol. The van der Waals surface area contributed by atoms with Gasteiger partial charge in [0.1, 0.15) is 0 Å². The molecule has 0 aromatic heterocycles. The Labute approximate surface area is 89.9 Å². The van der Waals surface area contributed by atoms with Crippen molar-refractivity contribution in [3.63, 3.8) is 0 Å². The number of aromatic hydroxyl groups is 1. The lowest BCUT2D eigenvalue weighted by molar-refractivity contribution is 0.294. The van der Waals surface area contributed by atoms with Crippen LogP contribution in [0.15, 0.2) is 12.1 Å². The van der Waals surface area contributed by atoms with Gasteiger partial charge in [0, 0.05) is 0 Å². The first-order valence-electron chi connectivity index (χ1n) is 3.96. The molecule has 0 fully saturated rings. The first-order chi connectivity index (χ1) is 6.16. The van der Waals surface area contributed by atoms with Gasteiger partial charge in [0.15, 0.2) is 11.5 Å². The van der Waals surface area contributed by atoms with Gasteiger partial charge >= 0.3 is 0 Å². The normalized spacial score (nSPS) is 10.1. The molecule has 0 spiro atoms. The molecule has 4 heteroatoms. The Balaban J connectivity index is 2.90. The molecule has 0 aliphatic carbocycles. The third-order valence-electron chi connectivity index (χ3n) is 1.49. The summed E-state index contributed by atoms with van der Waals surface area (Å²) in [4.78, 5) is 0. The number of phenolic OH excluding ortho intramolecular Hbond substituents is 1. The van der Waals surface area contributed by atoms with E-state index in [1.54, 1.807) is 6.07 Å². The lowest BCUT2D eigenvalue weighted by Crippen LogP contribution is -1.97. The largest absolute Gasteiger partial charge is 0.504 e. The summed E-state index contributed by atoms with van der Waals surface area (Å²) in [6.45, 7) is 2.39. The van der Waals surface area contributed by atoms with E-state index < -0.39 is 5.82 Å². The summed E-state index contributed by atoms with van der Waals surface area (Å²) in [5, 5.41) is 9.22. The van der Waals surface area contributed by atoms with Gasteiger partial charge in [-0.25, -0.2) is 0 Å². The van der Waals surface area contributed by atoms with Crippen LogP contribution in [-0.4, -0.2) is 11.7 Å². The summed E-state index contributed by atoms with van der Waals surface area (Å²) in [5.74, 6) is -0.908. The maximum atomic E-state index is 13.2. The smallest absolute Gasteiger partial charge is 0.207 e.